The van der Waals surface area contributed by atoms with Crippen molar-refractivity contribution < 1.29 is 24.5 Å². The van der Waals surface area contributed by atoms with Crippen LogP contribution in [0.5, 0.6) is 5.75 Å². The number of aromatic carboxylic acids is 1. The second kappa shape index (κ2) is 11.4. The van der Waals surface area contributed by atoms with Gasteiger partial charge in [0.15, 0.2) is 8.32 Å². The highest BCUT2D eigenvalue weighted by Gasteiger charge is 2.39. The molecule has 3 aromatic rings. The zero-order valence-corrected chi connectivity index (χ0v) is 24.1. The summed E-state index contributed by atoms with van der Waals surface area (Å²) in [6.45, 7) is 16.1. The van der Waals surface area contributed by atoms with E-state index in [-0.39, 0.29) is 29.5 Å². The molecule has 37 heavy (non-hydrogen) atoms. The van der Waals surface area contributed by atoms with E-state index in [1.807, 2.05) is 29.7 Å². The molecule has 0 aliphatic carbocycles. The first-order valence-corrected chi connectivity index (χ1v) is 15.9. The minimum Gasteiger partial charge on any atom is -0.508 e. The number of fused-ring (bicyclic) bond motifs is 1. The Hall–Kier alpha value is -2.65. The number of carboxylic acid groups (broad SMARTS) is 1. The van der Waals surface area contributed by atoms with Crippen LogP contribution in [0, 0.1) is 0 Å². The number of rotatable bonds is 11. The summed E-state index contributed by atoms with van der Waals surface area (Å²) in [5.41, 5.74) is 3.78. The standard InChI is InChI=1S/C29H42N2O5Si/c1-8-31-24-11-9-20(14-22(24)16-25(31)28(34)35)13-19(2)30-17-27(36-37(6,7)29(3,4)5)21-10-12-26(33)23(15-21)18-32/h9-12,14-16,19,27,30,32-33H,8,13,17-18H2,1-7H3,(H,34,35)/t19-,27-/m1/s1. The number of aromatic nitrogens is 1. The molecule has 0 unspecified atom stereocenters. The number of carbonyl (C=O) groups is 1. The fraction of sp³-hybridized carbons (Fsp3) is 0.483. The van der Waals surface area contributed by atoms with Gasteiger partial charge in [0.2, 0.25) is 0 Å². The normalized spacial score (nSPS) is 14.2. The summed E-state index contributed by atoms with van der Waals surface area (Å²) in [6, 6.07) is 13.3. The number of hydrogen-bond acceptors (Lipinski definition) is 5. The summed E-state index contributed by atoms with van der Waals surface area (Å²) >= 11 is 0. The monoisotopic (exact) mass is 526 g/mol. The molecule has 8 heteroatoms. The highest BCUT2D eigenvalue weighted by molar-refractivity contribution is 6.74. The van der Waals surface area contributed by atoms with Crippen LogP contribution >= 0.6 is 0 Å². The van der Waals surface area contributed by atoms with Gasteiger partial charge in [0.05, 0.1) is 12.7 Å². The van der Waals surface area contributed by atoms with Crippen LogP contribution in [0.15, 0.2) is 42.5 Å². The third-order valence-electron chi connectivity index (χ3n) is 7.58. The number of hydrogen-bond donors (Lipinski definition) is 4. The first kappa shape index (κ1) is 28.9. The number of nitrogens with zero attached hydrogens (tertiary/aromatic N) is 1. The molecule has 0 fully saturated rings. The van der Waals surface area contributed by atoms with Gasteiger partial charge in [-0.3, -0.25) is 0 Å². The van der Waals surface area contributed by atoms with E-state index in [0.29, 0.717) is 24.3 Å². The van der Waals surface area contributed by atoms with Crippen LogP contribution in [-0.4, -0.2) is 46.8 Å². The zero-order valence-electron chi connectivity index (χ0n) is 23.1. The Morgan fingerprint density at radius 1 is 1.14 bits per heavy atom. The van der Waals surface area contributed by atoms with Crippen molar-refractivity contribution >= 4 is 25.2 Å². The summed E-state index contributed by atoms with van der Waals surface area (Å²) in [5.74, 6) is -0.835. The Bertz CT molecular complexity index is 1250. The van der Waals surface area contributed by atoms with Crippen LogP contribution in [0.25, 0.3) is 10.9 Å². The molecule has 2 aromatic carbocycles. The third kappa shape index (κ3) is 6.62. The first-order valence-electron chi connectivity index (χ1n) is 13.0. The summed E-state index contributed by atoms with van der Waals surface area (Å²) in [7, 11) is -2.10. The van der Waals surface area contributed by atoms with E-state index in [9.17, 15) is 20.1 Å². The van der Waals surface area contributed by atoms with E-state index in [0.717, 1.165) is 28.5 Å². The number of benzene rings is 2. The average Bonchev–Trinajstić information content (AvgIpc) is 3.19. The van der Waals surface area contributed by atoms with Crippen molar-refractivity contribution in [3.05, 3.63) is 64.8 Å². The molecule has 4 N–H and O–H groups in total. The molecule has 1 heterocycles. The molecule has 0 spiro atoms. The van der Waals surface area contributed by atoms with E-state index in [1.54, 1.807) is 12.1 Å². The van der Waals surface area contributed by atoms with E-state index < -0.39 is 14.3 Å². The molecule has 0 saturated carbocycles. The quantitative estimate of drug-likeness (QED) is 0.234. The molecule has 0 aliphatic rings. The average molecular weight is 527 g/mol. The summed E-state index contributed by atoms with van der Waals surface area (Å²) in [5, 5.41) is 33.9. The highest BCUT2D eigenvalue weighted by atomic mass is 28.4. The van der Waals surface area contributed by atoms with Crippen molar-refractivity contribution in [3.8, 4) is 5.75 Å². The molecule has 202 valence electrons. The predicted octanol–water partition coefficient (Wildman–Crippen LogP) is 5.84. The van der Waals surface area contributed by atoms with Crippen LogP contribution < -0.4 is 5.32 Å². The topological polar surface area (TPSA) is 104 Å². The Kier molecular flexibility index (Phi) is 8.90. The molecular weight excluding hydrogens is 484 g/mol. The lowest BCUT2D eigenvalue weighted by Gasteiger charge is -2.40. The fourth-order valence-electron chi connectivity index (χ4n) is 4.39. The highest BCUT2D eigenvalue weighted by Crippen LogP contribution is 2.40. The van der Waals surface area contributed by atoms with Crippen molar-refractivity contribution in [2.75, 3.05) is 6.54 Å². The largest absolute Gasteiger partial charge is 0.508 e. The second-order valence-electron chi connectivity index (χ2n) is 11.4. The van der Waals surface area contributed by atoms with Crippen LogP contribution in [0.4, 0.5) is 0 Å². The van der Waals surface area contributed by atoms with E-state index in [4.69, 9.17) is 4.43 Å². The maximum Gasteiger partial charge on any atom is 0.352 e. The van der Waals surface area contributed by atoms with Crippen molar-refractivity contribution in [2.45, 2.75) is 84.5 Å². The molecule has 0 bridgehead atoms. The number of aromatic hydroxyl groups is 1. The lowest BCUT2D eigenvalue weighted by Crippen LogP contribution is -2.44. The second-order valence-corrected chi connectivity index (χ2v) is 16.2. The predicted molar refractivity (Wildman–Crippen MR) is 151 cm³/mol. The minimum absolute atomic E-state index is 0.0344. The van der Waals surface area contributed by atoms with Gasteiger partial charge in [0.25, 0.3) is 0 Å². The van der Waals surface area contributed by atoms with Crippen LogP contribution in [-0.2, 0) is 24.0 Å². The van der Waals surface area contributed by atoms with Crippen LogP contribution in [0.1, 0.15) is 67.9 Å². The lowest BCUT2D eigenvalue weighted by atomic mass is 10.0. The smallest absolute Gasteiger partial charge is 0.352 e. The summed E-state index contributed by atoms with van der Waals surface area (Å²) in [6.07, 6.45) is 0.549. The van der Waals surface area contributed by atoms with Gasteiger partial charge >= 0.3 is 5.97 Å². The van der Waals surface area contributed by atoms with Crippen LogP contribution in [0.3, 0.4) is 0 Å². The number of carboxylic acids is 1. The van der Waals surface area contributed by atoms with Gasteiger partial charge in [0.1, 0.15) is 11.4 Å². The van der Waals surface area contributed by atoms with Gasteiger partial charge in [0, 0.05) is 35.6 Å². The molecule has 0 amide bonds. The number of nitrogens with one attached hydrogen (secondary N) is 1. The molecule has 1 aromatic heterocycles. The molecule has 7 nitrogen and oxygen atoms in total. The van der Waals surface area contributed by atoms with E-state index in [1.165, 1.54) is 0 Å². The maximum atomic E-state index is 11.6. The van der Waals surface area contributed by atoms with Crippen molar-refractivity contribution in [2.24, 2.45) is 0 Å². The molecule has 0 saturated heterocycles. The number of aliphatic hydroxyl groups is 1. The molecular formula is C29H42N2O5Si. The third-order valence-corrected chi connectivity index (χ3v) is 12.1. The first-order chi connectivity index (χ1) is 17.3. The van der Waals surface area contributed by atoms with Crippen molar-refractivity contribution in [1.29, 1.82) is 0 Å². The van der Waals surface area contributed by atoms with Gasteiger partial charge < -0.3 is 29.6 Å². The Morgan fingerprint density at radius 3 is 2.43 bits per heavy atom. The SMILES string of the molecule is CCn1c(C(=O)O)cc2cc(C[C@@H](C)NC[C@@H](O[Si](C)(C)C(C)(C)C)c3ccc(O)c(CO)c3)ccc21. The van der Waals surface area contributed by atoms with E-state index in [2.05, 4.69) is 58.2 Å². The summed E-state index contributed by atoms with van der Waals surface area (Å²) < 4.78 is 8.62. The van der Waals surface area contributed by atoms with Gasteiger partial charge in [-0.2, -0.15) is 0 Å². The summed E-state index contributed by atoms with van der Waals surface area (Å²) in [4.78, 5) is 11.6. The Morgan fingerprint density at radius 2 is 1.84 bits per heavy atom. The number of aliphatic hydroxyl groups excluding tert-OH is 1. The van der Waals surface area contributed by atoms with Crippen LogP contribution in [0.2, 0.25) is 18.1 Å². The number of phenols is 1. The maximum absolute atomic E-state index is 11.6. The fourth-order valence-corrected chi connectivity index (χ4v) is 5.68. The molecule has 0 aliphatic heterocycles. The number of aryl methyl sites for hydroxylation is 1. The van der Waals surface area contributed by atoms with Gasteiger partial charge in [-0.05, 0) is 79.9 Å². The van der Waals surface area contributed by atoms with Gasteiger partial charge in [-0.15, -0.1) is 0 Å². The zero-order chi connectivity index (χ0) is 27.5. The Labute approximate surface area is 221 Å². The lowest BCUT2D eigenvalue weighted by molar-refractivity contribution is 0.0686. The molecule has 0 radical (unpaired) electrons. The van der Waals surface area contributed by atoms with Gasteiger partial charge in [-0.1, -0.05) is 32.9 Å². The van der Waals surface area contributed by atoms with Crippen molar-refractivity contribution in [1.82, 2.24) is 9.88 Å². The van der Waals surface area contributed by atoms with Gasteiger partial charge in [-0.25, -0.2) is 4.79 Å². The molecule has 2 atom stereocenters. The van der Waals surface area contributed by atoms with Crippen molar-refractivity contribution in [3.63, 3.8) is 0 Å². The Balaban J connectivity index is 1.79. The minimum atomic E-state index is -2.10. The van der Waals surface area contributed by atoms with E-state index >= 15 is 0 Å². The molecule has 3 rings (SSSR count).